The van der Waals surface area contributed by atoms with E-state index in [9.17, 15) is 39.9 Å². The van der Waals surface area contributed by atoms with Gasteiger partial charge in [-0.3, -0.25) is 9.29 Å². The summed E-state index contributed by atoms with van der Waals surface area (Å²) in [4.78, 5) is 15.6. The summed E-state index contributed by atoms with van der Waals surface area (Å²) in [6.07, 6.45) is 2.35. The molecule has 0 unspecified atom stereocenters. The van der Waals surface area contributed by atoms with Crippen molar-refractivity contribution in [3.8, 4) is 11.6 Å². The molecule has 1 aromatic carbocycles. The van der Waals surface area contributed by atoms with Gasteiger partial charge in [-0.25, -0.2) is 27.5 Å². The zero-order chi connectivity index (χ0) is 24.6. The molecule has 0 bridgehead atoms. The fourth-order valence-electron chi connectivity index (χ4n) is 2.76. The molecule has 0 aliphatic rings. The fourth-order valence-corrected chi connectivity index (χ4v) is 4.01. The quantitative estimate of drug-likeness (QED) is 0.431. The van der Waals surface area contributed by atoms with Gasteiger partial charge < -0.3 is 5.11 Å². The number of anilines is 1. The van der Waals surface area contributed by atoms with Gasteiger partial charge >= 0.3 is 11.2 Å². The summed E-state index contributed by atoms with van der Waals surface area (Å²) in [5, 5.41) is 10.2. The molecule has 3 N–H and O–H groups in total. The normalized spacial score (nSPS) is 12.6. The van der Waals surface area contributed by atoms with Gasteiger partial charge in [0.1, 0.15) is 5.82 Å². The van der Waals surface area contributed by atoms with E-state index in [0.29, 0.717) is 17.7 Å². The maximum absolute atomic E-state index is 12.7. The van der Waals surface area contributed by atoms with Crippen molar-refractivity contribution < 1.29 is 35.1 Å². The topological polar surface area (TPSA) is 152 Å². The maximum Gasteiger partial charge on any atom is 0.501 e. The molecule has 0 amide bonds. The van der Waals surface area contributed by atoms with Crippen molar-refractivity contribution in [2.75, 3.05) is 11.8 Å². The van der Waals surface area contributed by atoms with Gasteiger partial charge in [0.25, 0.3) is 20.0 Å². The van der Waals surface area contributed by atoms with Crippen LogP contribution in [-0.2, 0) is 26.6 Å². The van der Waals surface area contributed by atoms with E-state index in [0.717, 1.165) is 27.5 Å². The van der Waals surface area contributed by atoms with Gasteiger partial charge in [0, 0.05) is 13.2 Å². The predicted molar refractivity (Wildman–Crippen MR) is 110 cm³/mol. The lowest BCUT2D eigenvalue weighted by Crippen LogP contribution is -2.27. The zero-order valence-corrected chi connectivity index (χ0v) is 18.2. The number of alkyl halides is 3. The van der Waals surface area contributed by atoms with Crippen LogP contribution in [0.3, 0.4) is 0 Å². The Balaban J connectivity index is 1.91. The number of rotatable bonds is 7. The molecule has 3 aromatic rings. The summed E-state index contributed by atoms with van der Waals surface area (Å²) in [7, 11) is -8.19. The first-order valence-corrected chi connectivity index (χ1v) is 11.8. The van der Waals surface area contributed by atoms with Gasteiger partial charge in [-0.2, -0.15) is 21.6 Å². The van der Waals surface area contributed by atoms with Gasteiger partial charge in [0.15, 0.2) is 0 Å². The number of pyridine rings is 1. The molecule has 33 heavy (non-hydrogen) atoms. The summed E-state index contributed by atoms with van der Waals surface area (Å²) < 4.78 is 90.2. The highest BCUT2D eigenvalue weighted by atomic mass is 32.2. The minimum absolute atomic E-state index is 0.0278. The first-order chi connectivity index (χ1) is 15.2. The Morgan fingerprint density at radius 2 is 1.73 bits per heavy atom. The molecule has 0 saturated carbocycles. The fraction of sp³-hybridized carbons (Fsp3) is 0.176. The number of nitrogens with zero attached hydrogens (tertiary/aromatic N) is 3. The number of imidazole rings is 1. The third-order valence-corrected chi connectivity index (χ3v) is 6.85. The first-order valence-electron chi connectivity index (χ1n) is 8.84. The lowest BCUT2D eigenvalue weighted by Gasteiger charge is -2.09. The van der Waals surface area contributed by atoms with E-state index in [-0.39, 0.29) is 18.1 Å². The molecule has 11 nitrogen and oxygen atoms in total. The number of aromatic hydroxyl groups is 1. The predicted octanol–water partition coefficient (Wildman–Crippen LogP) is 0.958. The van der Waals surface area contributed by atoms with E-state index < -0.39 is 42.0 Å². The summed E-state index contributed by atoms with van der Waals surface area (Å²) in [5.41, 5.74) is -5.91. The van der Waals surface area contributed by atoms with Gasteiger partial charge in [-0.1, -0.05) is 0 Å². The van der Waals surface area contributed by atoms with Crippen molar-refractivity contribution in [3.05, 3.63) is 64.8 Å². The van der Waals surface area contributed by atoms with Crippen LogP contribution in [-0.4, -0.2) is 48.6 Å². The van der Waals surface area contributed by atoms with Gasteiger partial charge in [-0.15, -0.1) is 0 Å². The van der Waals surface area contributed by atoms with Crippen LogP contribution in [0.25, 0.3) is 5.69 Å². The van der Waals surface area contributed by atoms with E-state index >= 15 is 0 Å². The van der Waals surface area contributed by atoms with Crippen molar-refractivity contribution in [2.45, 2.75) is 16.9 Å². The van der Waals surface area contributed by atoms with Crippen LogP contribution in [0.5, 0.6) is 5.88 Å². The molecule has 2 aromatic heterocycles. The molecule has 0 saturated heterocycles. The van der Waals surface area contributed by atoms with Crippen molar-refractivity contribution >= 4 is 25.9 Å². The van der Waals surface area contributed by atoms with Crippen LogP contribution >= 0.6 is 0 Å². The summed E-state index contributed by atoms with van der Waals surface area (Å²) in [5.74, 6) is -0.586. The Bertz CT molecular complexity index is 1450. The van der Waals surface area contributed by atoms with E-state index in [1.807, 2.05) is 4.72 Å². The molecular formula is C17H16F3N5O6S2. The molecule has 0 aliphatic carbocycles. The zero-order valence-electron chi connectivity index (χ0n) is 16.6. The largest absolute Gasteiger partial charge is 0.501 e. The van der Waals surface area contributed by atoms with Crippen LogP contribution in [0.1, 0.15) is 5.56 Å². The van der Waals surface area contributed by atoms with Crippen molar-refractivity contribution in [2.24, 2.45) is 0 Å². The summed E-state index contributed by atoms with van der Waals surface area (Å²) in [6, 6.07) is 6.08. The highest BCUT2D eigenvalue weighted by Gasteiger charge is 2.46. The Hall–Kier alpha value is -3.37. The van der Waals surface area contributed by atoms with Crippen LogP contribution in [0.2, 0.25) is 0 Å². The monoisotopic (exact) mass is 507 g/mol. The molecule has 0 aliphatic heterocycles. The minimum atomic E-state index is -5.56. The number of nitrogens with one attached hydrogen (secondary N) is 2. The SMILES string of the molecule is CNS(=O)(=O)Nc1cc(Cn2cc(O)n(-c3ccc(S(=O)(=O)C(F)(F)F)cc3)c2=O)ccn1. The van der Waals surface area contributed by atoms with Crippen LogP contribution in [0, 0.1) is 0 Å². The smallest absolute Gasteiger partial charge is 0.493 e. The van der Waals surface area contributed by atoms with E-state index in [4.69, 9.17) is 0 Å². The lowest BCUT2D eigenvalue weighted by molar-refractivity contribution is -0.0436. The van der Waals surface area contributed by atoms with E-state index in [1.165, 1.54) is 25.4 Å². The van der Waals surface area contributed by atoms with Gasteiger partial charge in [0.05, 0.1) is 23.3 Å². The highest BCUT2D eigenvalue weighted by molar-refractivity contribution is 7.92. The van der Waals surface area contributed by atoms with Gasteiger partial charge in [0.2, 0.25) is 5.88 Å². The maximum atomic E-state index is 12.7. The Labute approximate surface area is 185 Å². The number of sulfone groups is 1. The standard InChI is InChI=1S/C17H16F3N5O6S2/c1-21-33(30,31)23-14-8-11(6-7-22-14)9-24-10-15(26)25(16(24)27)12-2-4-13(5-3-12)32(28,29)17(18,19)20/h2-8,10,21,26H,9H2,1H3,(H,22,23). The van der Waals surface area contributed by atoms with Crippen molar-refractivity contribution in [3.63, 3.8) is 0 Å². The molecule has 0 fully saturated rings. The molecule has 0 atom stereocenters. The number of hydrogen-bond donors (Lipinski definition) is 3. The van der Waals surface area contributed by atoms with Crippen molar-refractivity contribution in [1.82, 2.24) is 18.8 Å². The molecule has 2 heterocycles. The lowest BCUT2D eigenvalue weighted by atomic mass is 10.2. The van der Waals surface area contributed by atoms with Crippen LogP contribution in [0.4, 0.5) is 19.0 Å². The summed E-state index contributed by atoms with van der Waals surface area (Å²) in [6.45, 7) is -0.114. The second-order valence-corrected chi connectivity index (χ2v) is 10.1. The third kappa shape index (κ3) is 5.01. The third-order valence-electron chi connectivity index (χ3n) is 4.33. The minimum Gasteiger partial charge on any atom is -0.493 e. The molecule has 0 radical (unpaired) electrons. The molecule has 178 valence electrons. The van der Waals surface area contributed by atoms with Crippen LogP contribution in [0.15, 0.2) is 58.5 Å². The second-order valence-electron chi connectivity index (χ2n) is 6.54. The van der Waals surface area contributed by atoms with E-state index in [1.54, 1.807) is 0 Å². The molecule has 0 spiro atoms. The highest BCUT2D eigenvalue weighted by Crippen LogP contribution is 2.30. The number of aromatic nitrogens is 3. The van der Waals surface area contributed by atoms with E-state index in [2.05, 4.69) is 9.71 Å². The number of benzene rings is 1. The second kappa shape index (κ2) is 8.53. The molecule has 16 heteroatoms. The molecular weight excluding hydrogens is 491 g/mol. The van der Waals surface area contributed by atoms with Crippen molar-refractivity contribution in [1.29, 1.82) is 0 Å². The Morgan fingerprint density at radius 1 is 1.09 bits per heavy atom. The first kappa shape index (κ1) is 24.3. The average Bonchev–Trinajstić information content (AvgIpc) is 3.00. The van der Waals surface area contributed by atoms with Gasteiger partial charge in [-0.05, 0) is 42.0 Å². The Morgan fingerprint density at radius 3 is 2.30 bits per heavy atom. The summed E-state index contributed by atoms with van der Waals surface area (Å²) >= 11 is 0. The Kier molecular flexibility index (Phi) is 6.27. The molecule has 3 rings (SSSR count). The number of hydrogen-bond acceptors (Lipinski definition) is 7. The van der Waals surface area contributed by atoms with Crippen LogP contribution < -0.4 is 15.1 Å². The average molecular weight is 507 g/mol. The number of halogens is 3.